The Kier molecular flexibility index (Phi) is 8.58. The molecule has 0 bridgehead atoms. The van der Waals surface area contributed by atoms with E-state index in [4.69, 9.17) is 0 Å². The Morgan fingerprint density at radius 2 is 1.44 bits per heavy atom. The highest BCUT2D eigenvalue weighted by molar-refractivity contribution is 5.98. The van der Waals surface area contributed by atoms with Crippen molar-refractivity contribution in [3.05, 3.63) is 70.8 Å². The Morgan fingerprint density at radius 3 is 1.97 bits per heavy atom. The fourth-order valence-electron chi connectivity index (χ4n) is 5.37. The van der Waals surface area contributed by atoms with Crippen molar-refractivity contribution in [2.75, 3.05) is 26.2 Å². The molecule has 2 fully saturated rings. The predicted molar refractivity (Wildman–Crippen MR) is 133 cm³/mol. The summed E-state index contributed by atoms with van der Waals surface area (Å²) in [5.41, 5.74) is -1.40. The summed E-state index contributed by atoms with van der Waals surface area (Å²) in [5.74, 6) is -0.589. The predicted octanol–water partition coefficient (Wildman–Crippen LogP) is 6.08. The van der Waals surface area contributed by atoms with Gasteiger partial charge in [-0.3, -0.25) is 14.5 Å². The van der Waals surface area contributed by atoms with Gasteiger partial charge in [0.1, 0.15) is 0 Å². The van der Waals surface area contributed by atoms with Crippen LogP contribution < -0.4 is 5.32 Å². The first-order valence-electron chi connectivity index (χ1n) is 13.0. The summed E-state index contributed by atoms with van der Waals surface area (Å²) in [4.78, 5) is 29.9. The second-order valence-electron chi connectivity index (χ2n) is 10.4. The molecule has 212 valence electrons. The van der Waals surface area contributed by atoms with Crippen LogP contribution in [0.25, 0.3) is 0 Å². The van der Waals surface area contributed by atoms with Gasteiger partial charge in [0.05, 0.1) is 5.56 Å². The van der Waals surface area contributed by atoms with Crippen molar-refractivity contribution in [1.82, 2.24) is 15.1 Å². The number of nitrogens with zero attached hydrogens (tertiary/aromatic N) is 2. The Labute approximate surface area is 223 Å². The van der Waals surface area contributed by atoms with Gasteiger partial charge < -0.3 is 10.2 Å². The number of halogens is 6. The molecule has 2 aliphatic rings. The van der Waals surface area contributed by atoms with Crippen LogP contribution in [0.2, 0.25) is 0 Å². The first-order valence-corrected chi connectivity index (χ1v) is 13.0. The quantitative estimate of drug-likeness (QED) is 0.456. The zero-order valence-electron chi connectivity index (χ0n) is 21.5. The Hall–Kier alpha value is -3.08. The molecule has 0 saturated carbocycles. The zero-order valence-corrected chi connectivity index (χ0v) is 21.5. The molecule has 2 aromatic rings. The van der Waals surface area contributed by atoms with Crippen molar-refractivity contribution < 1.29 is 35.9 Å². The minimum absolute atomic E-state index is 0.106. The van der Waals surface area contributed by atoms with E-state index in [-0.39, 0.29) is 11.5 Å². The van der Waals surface area contributed by atoms with Gasteiger partial charge in [-0.05, 0) is 80.1 Å². The van der Waals surface area contributed by atoms with Crippen molar-refractivity contribution in [1.29, 1.82) is 0 Å². The molecule has 39 heavy (non-hydrogen) atoms. The molecule has 4 rings (SSSR count). The molecule has 2 aliphatic heterocycles. The highest BCUT2D eigenvalue weighted by Gasteiger charge is 2.42. The van der Waals surface area contributed by atoms with E-state index in [2.05, 4.69) is 11.8 Å². The molecule has 0 spiro atoms. The van der Waals surface area contributed by atoms with Crippen LogP contribution >= 0.6 is 0 Å². The number of carbonyl (C=O) groups excluding carboxylic acids is 2. The molecular weight excluding hydrogens is 524 g/mol. The van der Waals surface area contributed by atoms with Crippen LogP contribution in [0.4, 0.5) is 26.3 Å². The standard InChI is InChI=1S/C28H31F6N3O2/c1-18-3-2-14-37(17-18)23-12-15-36(16-13-23)26(39)21-6-4-20(5-7-21)25(38)35-24(28(32,33)34)19-8-10-22(11-9-19)27(29,30)31/h4-11,18,23-24H,2-3,12-17H2,1H3,(H,35,38). The monoisotopic (exact) mass is 555 g/mol. The van der Waals surface area contributed by atoms with Gasteiger partial charge in [-0.15, -0.1) is 0 Å². The Morgan fingerprint density at radius 1 is 0.846 bits per heavy atom. The van der Waals surface area contributed by atoms with E-state index >= 15 is 0 Å². The highest BCUT2D eigenvalue weighted by atomic mass is 19.4. The van der Waals surface area contributed by atoms with Crippen LogP contribution in [0.1, 0.15) is 70.5 Å². The summed E-state index contributed by atoms with van der Waals surface area (Å²) in [5, 5.41) is 1.85. The maximum Gasteiger partial charge on any atom is 0.416 e. The smallest absolute Gasteiger partial charge is 0.339 e. The number of benzene rings is 2. The molecule has 11 heteroatoms. The van der Waals surface area contributed by atoms with Crippen molar-refractivity contribution >= 4 is 11.8 Å². The van der Waals surface area contributed by atoms with Crippen LogP contribution in [0.5, 0.6) is 0 Å². The highest BCUT2D eigenvalue weighted by Crippen LogP contribution is 2.35. The number of piperidine rings is 2. The minimum Gasteiger partial charge on any atom is -0.339 e. The third-order valence-corrected chi connectivity index (χ3v) is 7.52. The molecule has 0 radical (unpaired) electrons. The van der Waals surface area contributed by atoms with Crippen LogP contribution in [0, 0.1) is 5.92 Å². The number of rotatable bonds is 5. The van der Waals surface area contributed by atoms with Crippen LogP contribution in [-0.2, 0) is 6.18 Å². The molecule has 2 saturated heterocycles. The van der Waals surface area contributed by atoms with Gasteiger partial charge in [-0.1, -0.05) is 19.1 Å². The van der Waals surface area contributed by atoms with Gasteiger partial charge in [0.15, 0.2) is 6.04 Å². The Bertz CT molecular complexity index is 1140. The number of carbonyl (C=O) groups is 2. The Balaban J connectivity index is 1.37. The molecule has 1 N–H and O–H groups in total. The number of alkyl halides is 6. The molecule has 0 aromatic heterocycles. The lowest BCUT2D eigenvalue weighted by Crippen LogP contribution is -2.49. The summed E-state index contributed by atoms with van der Waals surface area (Å²) in [6, 6.07) is 5.75. The molecule has 2 atom stereocenters. The summed E-state index contributed by atoms with van der Waals surface area (Å²) >= 11 is 0. The van der Waals surface area contributed by atoms with E-state index in [0.717, 1.165) is 25.9 Å². The van der Waals surface area contributed by atoms with Crippen molar-refractivity contribution in [2.24, 2.45) is 5.92 Å². The van der Waals surface area contributed by atoms with Gasteiger partial charge in [-0.25, -0.2) is 0 Å². The molecule has 2 unspecified atom stereocenters. The van der Waals surface area contributed by atoms with E-state index in [0.29, 0.717) is 54.9 Å². The number of amides is 2. The van der Waals surface area contributed by atoms with E-state index in [9.17, 15) is 35.9 Å². The minimum atomic E-state index is -4.94. The summed E-state index contributed by atoms with van der Waals surface area (Å²) in [7, 11) is 0. The summed E-state index contributed by atoms with van der Waals surface area (Å²) in [6.45, 7) is 5.64. The third kappa shape index (κ3) is 7.12. The van der Waals surface area contributed by atoms with E-state index < -0.39 is 35.4 Å². The first-order chi connectivity index (χ1) is 18.3. The lowest BCUT2D eigenvalue weighted by Gasteiger charge is -2.41. The lowest BCUT2D eigenvalue weighted by molar-refractivity contribution is -0.155. The molecule has 2 heterocycles. The van der Waals surface area contributed by atoms with Crippen LogP contribution in [-0.4, -0.2) is 60.0 Å². The molecule has 5 nitrogen and oxygen atoms in total. The van der Waals surface area contributed by atoms with Crippen molar-refractivity contribution in [3.63, 3.8) is 0 Å². The van der Waals surface area contributed by atoms with Gasteiger partial charge in [-0.2, -0.15) is 26.3 Å². The SMILES string of the molecule is CC1CCCN(C2CCN(C(=O)c3ccc(C(=O)NC(c4ccc(C(F)(F)F)cc4)C(F)(F)F)cc3)CC2)C1. The van der Waals surface area contributed by atoms with E-state index in [1.165, 1.54) is 37.1 Å². The largest absolute Gasteiger partial charge is 0.416 e. The molecule has 0 aliphatic carbocycles. The van der Waals surface area contributed by atoms with Gasteiger partial charge in [0.2, 0.25) is 0 Å². The number of hydrogen-bond donors (Lipinski definition) is 1. The second-order valence-corrected chi connectivity index (χ2v) is 10.4. The third-order valence-electron chi connectivity index (χ3n) is 7.52. The molecular formula is C28H31F6N3O2. The maximum atomic E-state index is 13.7. The fourth-order valence-corrected chi connectivity index (χ4v) is 5.37. The number of likely N-dealkylation sites (tertiary alicyclic amines) is 2. The first kappa shape index (κ1) is 28.9. The average Bonchev–Trinajstić information content (AvgIpc) is 2.90. The van der Waals surface area contributed by atoms with Crippen LogP contribution in [0.15, 0.2) is 48.5 Å². The number of hydrogen-bond acceptors (Lipinski definition) is 3. The summed E-state index contributed by atoms with van der Waals surface area (Å²) < 4.78 is 79.3. The van der Waals surface area contributed by atoms with E-state index in [1.54, 1.807) is 4.90 Å². The maximum absolute atomic E-state index is 13.7. The summed E-state index contributed by atoms with van der Waals surface area (Å²) in [6.07, 6.45) is -5.45. The number of nitrogens with one attached hydrogen (secondary N) is 1. The average molecular weight is 556 g/mol. The fraction of sp³-hybridized carbons (Fsp3) is 0.500. The zero-order chi connectivity index (χ0) is 28.4. The van der Waals surface area contributed by atoms with E-state index in [1.807, 2.05) is 5.32 Å². The van der Waals surface area contributed by atoms with Crippen molar-refractivity contribution in [3.8, 4) is 0 Å². The van der Waals surface area contributed by atoms with Gasteiger partial charge >= 0.3 is 12.4 Å². The second kappa shape index (κ2) is 11.6. The molecule has 2 amide bonds. The molecule has 2 aromatic carbocycles. The van der Waals surface area contributed by atoms with Crippen molar-refractivity contribution in [2.45, 2.75) is 57.0 Å². The lowest BCUT2D eigenvalue weighted by atomic mass is 9.95. The van der Waals surface area contributed by atoms with Crippen LogP contribution in [0.3, 0.4) is 0 Å². The normalized spacial score (nSPS) is 20.5. The van der Waals surface area contributed by atoms with Gasteiger partial charge in [0, 0.05) is 36.8 Å². The van der Waals surface area contributed by atoms with Gasteiger partial charge in [0.25, 0.3) is 11.8 Å². The topological polar surface area (TPSA) is 52.7 Å².